The smallest absolute Gasteiger partial charge is 0.134 e. The molecule has 0 aliphatic heterocycles. The van der Waals surface area contributed by atoms with Crippen molar-refractivity contribution in [2.75, 3.05) is 5.73 Å². The molecule has 54 valence electrons. The Hall–Kier alpha value is -1.71. The molecule has 0 unspecified atom stereocenters. The fourth-order valence-corrected chi connectivity index (χ4v) is 0.927. The average molecular weight is 146 g/mol. The van der Waals surface area contributed by atoms with E-state index in [-0.39, 0.29) is 0 Å². The van der Waals surface area contributed by atoms with Crippen LogP contribution in [0.3, 0.4) is 0 Å². The Labute approximate surface area is 63.1 Å². The van der Waals surface area contributed by atoms with Crippen LogP contribution in [-0.2, 0) is 0 Å². The highest BCUT2D eigenvalue weighted by molar-refractivity contribution is 5.86. The zero-order chi connectivity index (χ0) is 7.68. The number of hydrogen-bond donors (Lipinski definition) is 1. The van der Waals surface area contributed by atoms with Gasteiger partial charge in [0, 0.05) is 12.4 Å². The summed E-state index contributed by atoms with van der Waals surface area (Å²) in [5.41, 5.74) is 6.39. The van der Waals surface area contributed by atoms with Crippen molar-refractivity contribution in [3.05, 3.63) is 24.8 Å². The Morgan fingerprint density at radius 2 is 2.18 bits per heavy atom. The maximum Gasteiger partial charge on any atom is 0.134 e. The summed E-state index contributed by atoms with van der Waals surface area (Å²) < 4.78 is 0. The lowest BCUT2D eigenvalue weighted by molar-refractivity contribution is 1.21. The molecule has 0 fully saturated rings. The topological polar surface area (TPSA) is 64.7 Å². The van der Waals surface area contributed by atoms with Gasteiger partial charge in [-0.25, -0.2) is 15.0 Å². The monoisotopic (exact) mass is 146 g/mol. The first-order valence-corrected chi connectivity index (χ1v) is 3.18. The third kappa shape index (κ3) is 0.881. The summed E-state index contributed by atoms with van der Waals surface area (Å²) in [7, 11) is 0. The molecular weight excluding hydrogens is 140 g/mol. The Balaban J connectivity index is 2.91. The van der Waals surface area contributed by atoms with Crippen molar-refractivity contribution in [3.8, 4) is 0 Å². The molecule has 0 aliphatic rings. The van der Waals surface area contributed by atoms with Crippen LogP contribution in [0.2, 0.25) is 0 Å². The molecule has 11 heavy (non-hydrogen) atoms. The van der Waals surface area contributed by atoms with Gasteiger partial charge >= 0.3 is 0 Å². The van der Waals surface area contributed by atoms with Gasteiger partial charge in [0.2, 0.25) is 0 Å². The van der Waals surface area contributed by atoms with Crippen LogP contribution in [0.5, 0.6) is 0 Å². The number of pyridine rings is 1. The molecule has 2 heterocycles. The van der Waals surface area contributed by atoms with Gasteiger partial charge in [-0.3, -0.25) is 0 Å². The van der Waals surface area contributed by atoms with E-state index in [2.05, 4.69) is 15.0 Å². The number of fused-ring (bicyclic) bond motifs is 1. The van der Waals surface area contributed by atoms with Crippen molar-refractivity contribution in [1.29, 1.82) is 0 Å². The molecule has 2 aromatic heterocycles. The van der Waals surface area contributed by atoms with Crippen molar-refractivity contribution in [3.63, 3.8) is 0 Å². The molecule has 0 atom stereocenters. The van der Waals surface area contributed by atoms with Crippen molar-refractivity contribution in [2.24, 2.45) is 0 Å². The molecule has 0 amide bonds. The highest BCUT2D eigenvalue weighted by atomic mass is 14.9. The van der Waals surface area contributed by atoms with Gasteiger partial charge in [-0.1, -0.05) is 0 Å². The van der Waals surface area contributed by atoms with Crippen molar-refractivity contribution in [1.82, 2.24) is 15.0 Å². The first kappa shape index (κ1) is 6.03. The molecule has 0 saturated carbocycles. The standard InChI is InChI=1S/C7H6N4/c8-7-5-3-9-4-11-6(5)1-2-10-7/h1-4H,(H2,8,10). The van der Waals surface area contributed by atoms with Gasteiger partial charge < -0.3 is 5.73 Å². The summed E-state index contributed by atoms with van der Waals surface area (Å²) in [4.78, 5) is 11.8. The van der Waals surface area contributed by atoms with Crippen molar-refractivity contribution < 1.29 is 0 Å². The Bertz CT molecular complexity index is 380. The van der Waals surface area contributed by atoms with Crippen LogP contribution < -0.4 is 5.73 Å². The fourth-order valence-electron chi connectivity index (χ4n) is 0.927. The molecule has 4 heteroatoms. The minimum atomic E-state index is 0.475. The fraction of sp³-hybridized carbons (Fsp3) is 0. The van der Waals surface area contributed by atoms with Gasteiger partial charge in [0.25, 0.3) is 0 Å². The van der Waals surface area contributed by atoms with E-state index in [0.29, 0.717) is 5.82 Å². The van der Waals surface area contributed by atoms with E-state index in [4.69, 9.17) is 5.73 Å². The predicted octanol–water partition coefficient (Wildman–Crippen LogP) is 0.607. The molecule has 0 aliphatic carbocycles. The van der Waals surface area contributed by atoms with Gasteiger partial charge in [-0.2, -0.15) is 0 Å². The second-order valence-corrected chi connectivity index (χ2v) is 2.15. The molecule has 2 aromatic rings. The second-order valence-electron chi connectivity index (χ2n) is 2.15. The summed E-state index contributed by atoms with van der Waals surface area (Å²) in [6.07, 6.45) is 4.77. The van der Waals surface area contributed by atoms with Crippen LogP contribution in [-0.4, -0.2) is 15.0 Å². The van der Waals surface area contributed by atoms with Crippen LogP contribution in [0.4, 0.5) is 5.82 Å². The van der Waals surface area contributed by atoms with Gasteiger partial charge in [-0.05, 0) is 6.07 Å². The van der Waals surface area contributed by atoms with Crippen LogP contribution >= 0.6 is 0 Å². The summed E-state index contributed by atoms with van der Waals surface area (Å²) >= 11 is 0. The molecule has 0 spiro atoms. The average Bonchev–Trinajstić information content (AvgIpc) is 2.06. The highest BCUT2D eigenvalue weighted by Gasteiger charge is 1.96. The van der Waals surface area contributed by atoms with Crippen LogP contribution in [0.25, 0.3) is 10.9 Å². The number of nitrogen functional groups attached to an aromatic ring is 1. The summed E-state index contributed by atoms with van der Waals surface area (Å²) in [6.45, 7) is 0. The molecular formula is C7H6N4. The molecule has 0 aromatic carbocycles. The molecule has 0 saturated heterocycles. The van der Waals surface area contributed by atoms with E-state index in [0.717, 1.165) is 10.9 Å². The Kier molecular flexibility index (Phi) is 1.18. The number of rotatable bonds is 0. The van der Waals surface area contributed by atoms with E-state index in [9.17, 15) is 0 Å². The minimum Gasteiger partial charge on any atom is -0.383 e. The first-order chi connectivity index (χ1) is 5.38. The maximum absolute atomic E-state index is 5.57. The number of nitrogens with zero attached hydrogens (tertiary/aromatic N) is 3. The highest BCUT2D eigenvalue weighted by Crippen LogP contribution is 2.12. The SMILES string of the molecule is Nc1nccc2ncncc12. The predicted molar refractivity (Wildman–Crippen MR) is 41.7 cm³/mol. The summed E-state index contributed by atoms with van der Waals surface area (Å²) in [6, 6.07) is 1.80. The van der Waals surface area contributed by atoms with E-state index in [1.807, 2.05) is 0 Å². The minimum absolute atomic E-state index is 0.475. The molecule has 2 N–H and O–H groups in total. The number of aromatic nitrogens is 3. The molecule has 0 bridgehead atoms. The summed E-state index contributed by atoms with van der Waals surface area (Å²) in [5.74, 6) is 0.475. The lowest BCUT2D eigenvalue weighted by atomic mass is 10.3. The maximum atomic E-state index is 5.57. The molecule has 2 rings (SSSR count). The van der Waals surface area contributed by atoms with Crippen LogP contribution in [0, 0.1) is 0 Å². The van der Waals surface area contributed by atoms with E-state index < -0.39 is 0 Å². The number of hydrogen-bond acceptors (Lipinski definition) is 4. The van der Waals surface area contributed by atoms with Crippen molar-refractivity contribution in [2.45, 2.75) is 0 Å². The first-order valence-electron chi connectivity index (χ1n) is 3.18. The zero-order valence-corrected chi connectivity index (χ0v) is 5.73. The van der Waals surface area contributed by atoms with Crippen LogP contribution in [0.15, 0.2) is 24.8 Å². The van der Waals surface area contributed by atoms with Gasteiger partial charge in [-0.15, -0.1) is 0 Å². The van der Waals surface area contributed by atoms with Crippen molar-refractivity contribution >= 4 is 16.7 Å². The molecule has 4 nitrogen and oxygen atoms in total. The number of nitrogens with two attached hydrogens (primary N) is 1. The largest absolute Gasteiger partial charge is 0.383 e. The number of anilines is 1. The van der Waals surface area contributed by atoms with Gasteiger partial charge in [0.15, 0.2) is 0 Å². The quantitative estimate of drug-likeness (QED) is 0.591. The Morgan fingerprint density at radius 1 is 1.27 bits per heavy atom. The van der Waals surface area contributed by atoms with E-state index in [1.54, 1.807) is 18.5 Å². The lowest BCUT2D eigenvalue weighted by Gasteiger charge is -1.96. The third-order valence-electron chi connectivity index (χ3n) is 1.47. The van der Waals surface area contributed by atoms with Gasteiger partial charge in [0.05, 0.1) is 10.9 Å². The third-order valence-corrected chi connectivity index (χ3v) is 1.47. The summed E-state index contributed by atoms with van der Waals surface area (Å²) in [5, 5.41) is 0.801. The lowest BCUT2D eigenvalue weighted by Crippen LogP contribution is -1.92. The van der Waals surface area contributed by atoms with Crippen LogP contribution in [0.1, 0.15) is 0 Å². The van der Waals surface area contributed by atoms with E-state index >= 15 is 0 Å². The molecule has 0 radical (unpaired) electrons. The second kappa shape index (κ2) is 2.16. The Morgan fingerprint density at radius 3 is 3.00 bits per heavy atom. The normalized spacial score (nSPS) is 10.2. The van der Waals surface area contributed by atoms with Gasteiger partial charge in [0.1, 0.15) is 12.1 Å². The van der Waals surface area contributed by atoms with E-state index in [1.165, 1.54) is 6.33 Å². The zero-order valence-electron chi connectivity index (χ0n) is 5.73.